The summed E-state index contributed by atoms with van der Waals surface area (Å²) in [4.78, 5) is 37.7. The van der Waals surface area contributed by atoms with Crippen LogP contribution in [0, 0.1) is 68.2 Å². The molecule has 2 aromatic carbocycles. The van der Waals surface area contributed by atoms with Crippen LogP contribution in [0.5, 0.6) is 0 Å². The van der Waals surface area contributed by atoms with Crippen molar-refractivity contribution >= 4 is 5.57 Å². The van der Waals surface area contributed by atoms with Gasteiger partial charge in [0.05, 0.1) is 9.85 Å². The number of nitro groups is 4. The number of rotatable bonds is 6. The minimum Gasteiger partial charge on any atom is -0.259 e. The van der Waals surface area contributed by atoms with E-state index < -0.39 is 25.5 Å². The number of hydrogen-bond acceptors (Lipinski definition) is 8. The number of aryl methyl sites for hydroxylation is 4. The Morgan fingerprint density at radius 3 is 1.22 bits per heavy atom. The normalized spacial score (nSPS) is 10.1. The molecule has 0 atom stereocenters. The van der Waals surface area contributed by atoms with Crippen LogP contribution in [-0.2, 0) is 0 Å². The Labute approximate surface area is 182 Å². The van der Waals surface area contributed by atoms with Crippen molar-refractivity contribution in [2.24, 2.45) is 0 Å². The molecule has 0 N–H and O–H groups in total. The molecule has 0 aliphatic heterocycles. The van der Waals surface area contributed by atoms with Crippen LogP contribution >= 0.6 is 0 Å². The van der Waals surface area contributed by atoms with Crippen molar-refractivity contribution in [3.05, 3.63) is 128 Å². The standard InChI is InChI=1S/C18H18N2O4.C2H2N2O4/c1-11-5-7-15(9-13(11)3)17(18(19(21)22)20(23)24)16-8-6-12(2)14(4)10-16;5-3(6)1-2-4(7)8/h5-10H,1-4H3;1-2H. The molecule has 0 saturated carbocycles. The molecule has 0 bridgehead atoms. The molecule has 168 valence electrons. The largest absolute Gasteiger partial charge is 0.567 e. The molecule has 0 unspecified atom stereocenters. The smallest absolute Gasteiger partial charge is 0.259 e. The first-order chi connectivity index (χ1) is 14.8. The predicted molar refractivity (Wildman–Crippen MR) is 115 cm³/mol. The number of nitrogens with zero attached hydrogens (tertiary/aromatic N) is 4. The third-order valence-electron chi connectivity index (χ3n) is 4.47. The van der Waals surface area contributed by atoms with Gasteiger partial charge in [0.15, 0.2) is 0 Å². The van der Waals surface area contributed by atoms with E-state index in [1.807, 2.05) is 39.8 Å². The zero-order valence-corrected chi connectivity index (χ0v) is 17.7. The maximum Gasteiger partial charge on any atom is 0.567 e. The maximum atomic E-state index is 11.3. The Morgan fingerprint density at radius 2 is 0.969 bits per heavy atom. The lowest BCUT2D eigenvalue weighted by atomic mass is 9.93. The molecule has 0 aromatic heterocycles. The predicted octanol–water partition coefficient (Wildman–Crippen LogP) is 4.20. The van der Waals surface area contributed by atoms with Crippen molar-refractivity contribution in [3.63, 3.8) is 0 Å². The topological polar surface area (TPSA) is 173 Å². The van der Waals surface area contributed by atoms with Gasteiger partial charge < -0.3 is 0 Å². The molecule has 12 nitrogen and oxygen atoms in total. The molecule has 0 radical (unpaired) electrons. The van der Waals surface area contributed by atoms with Gasteiger partial charge in [0, 0.05) is 0 Å². The second-order valence-corrected chi connectivity index (χ2v) is 6.68. The van der Waals surface area contributed by atoms with Crippen LogP contribution in [0.4, 0.5) is 0 Å². The van der Waals surface area contributed by atoms with Crippen molar-refractivity contribution in [2.45, 2.75) is 27.7 Å². The van der Waals surface area contributed by atoms with E-state index in [0.29, 0.717) is 11.1 Å². The summed E-state index contributed by atoms with van der Waals surface area (Å²) < 4.78 is 0. The lowest BCUT2D eigenvalue weighted by Crippen LogP contribution is -2.13. The summed E-state index contributed by atoms with van der Waals surface area (Å²) in [6.07, 6.45) is 0.528. The van der Waals surface area contributed by atoms with Gasteiger partial charge in [-0.05, 0) is 61.1 Å². The highest BCUT2D eigenvalue weighted by Gasteiger charge is 2.34. The van der Waals surface area contributed by atoms with Crippen LogP contribution in [0.1, 0.15) is 33.4 Å². The fourth-order valence-corrected chi connectivity index (χ4v) is 2.58. The minimum absolute atomic E-state index is 0.0243. The molecule has 0 aliphatic rings. The van der Waals surface area contributed by atoms with Gasteiger partial charge in [0.1, 0.15) is 15.4 Å². The van der Waals surface area contributed by atoms with Crippen molar-refractivity contribution in [2.75, 3.05) is 0 Å². The molecule has 0 saturated heterocycles. The van der Waals surface area contributed by atoms with Gasteiger partial charge in [-0.1, -0.05) is 36.4 Å². The number of benzene rings is 2. The van der Waals surface area contributed by atoms with E-state index in [1.165, 1.54) is 0 Å². The van der Waals surface area contributed by atoms with Crippen LogP contribution in [0.2, 0.25) is 0 Å². The third-order valence-corrected chi connectivity index (χ3v) is 4.47. The van der Waals surface area contributed by atoms with Gasteiger partial charge in [-0.15, -0.1) is 0 Å². The van der Waals surface area contributed by atoms with E-state index in [0.717, 1.165) is 22.3 Å². The van der Waals surface area contributed by atoms with Gasteiger partial charge in [0.25, 0.3) is 0 Å². The molecule has 12 heteroatoms. The fraction of sp³-hybridized carbons (Fsp3) is 0.200. The summed E-state index contributed by atoms with van der Waals surface area (Å²) in [5.74, 6) is -1.01. The summed E-state index contributed by atoms with van der Waals surface area (Å²) in [5, 5.41) is 41.3. The molecular formula is C20H20N4O8. The van der Waals surface area contributed by atoms with Crippen molar-refractivity contribution in [3.8, 4) is 0 Å². The van der Waals surface area contributed by atoms with E-state index in [9.17, 15) is 40.5 Å². The molecular weight excluding hydrogens is 424 g/mol. The molecule has 0 aliphatic carbocycles. The van der Waals surface area contributed by atoms with Crippen LogP contribution in [0.3, 0.4) is 0 Å². The summed E-state index contributed by atoms with van der Waals surface area (Å²) >= 11 is 0. The first-order valence-electron chi connectivity index (χ1n) is 8.98. The quantitative estimate of drug-likeness (QED) is 0.470. The lowest BCUT2D eigenvalue weighted by Gasteiger charge is -2.10. The Kier molecular flexibility index (Phi) is 8.83. The summed E-state index contributed by atoms with van der Waals surface area (Å²) in [6, 6.07) is 10.5. The zero-order valence-electron chi connectivity index (χ0n) is 17.7. The summed E-state index contributed by atoms with van der Waals surface area (Å²) in [6.45, 7) is 7.57. The molecule has 32 heavy (non-hydrogen) atoms. The second-order valence-electron chi connectivity index (χ2n) is 6.68. The van der Waals surface area contributed by atoms with E-state index in [-0.39, 0.29) is 18.0 Å². The van der Waals surface area contributed by atoms with Crippen LogP contribution in [0.25, 0.3) is 5.57 Å². The van der Waals surface area contributed by atoms with E-state index in [4.69, 9.17) is 0 Å². The lowest BCUT2D eigenvalue weighted by molar-refractivity contribution is -0.614. The van der Waals surface area contributed by atoms with Gasteiger partial charge in [0.2, 0.25) is 0 Å². The van der Waals surface area contributed by atoms with Gasteiger partial charge in [-0.3, -0.25) is 40.5 Å². The second kappa shape index (κ2) is 11.1. The molecule has 0 heterocycles. The average molecular weight is 444 g/mol. The maximum absolute atomic E-state index is 11.3. The van der Waals surface area contributed by atoms with Gasteiger partial charge in [-0.2, -0.15) is 0 Å². The van der Waals surface area contributed by atoms with Crippen LogP contribution in [-0.4, -0.2) is 19.7 Å². The third kappa shape index (κ3) is 7.09. The monoisotopic (exact) mass is 444 g/mol. The van der Waals surface area contributed by atoms with E-state index >= 15 is 0 Å². The molecule has 2 aromatic rings. The Balaban J connectivity index is 0.000000547. The Hall–Kier alpha value is -4.48. The molecule has 0 spiro atoms. The van der Waals surface area contributed by atoms with Crippen molar-refractivity contribution < 1.29 is 19.7 Å². The Bertz CT molecular complexity index is 1050. The van der Waals surface area contributed by atoms with Crippen molar-refractivity contribution in [1.29, 1.82) is 0 Å². The number of hydrogen-bond donors (Lipinski definition) is 0. The van der Waals surface area contributed by atoms with E-state index in [1.54, 1.807) is 24.3 Å². The summed E-state index contributed by atoms with van der Waals surface area (Å²) in [5.41, 5.74) is 4.81. The molecule has 2 rings (SSSR count). The molecule has 0 fully saturated rings. The zero-order chi connectivity index (χ0) is 24.6. The first-order valence-corrected chi connectivity index (χ1v) is 8.98. The summed E-state index contributed by atoms with van der Waals surface area (Å²) in [7, 11) is 0. The van der Waals surface area contributed by atoms with Crippen LogP contribution < -0.4 is 0 Å². The van der Waals surface area contributed by atoms with Gasteiger partial charge in [-0.25, -0.2) is 0 Å². The average Bonchev–Trinajstić information content (AvgIpc) is 2.69. The van der Waals surface area contributed by atoms with E-state index in [2.05, 4.69) is 0 Å². The Morgan fingerprint density at radius 1 is 0.625 bits per heavy atom. The van der Waals surface area contributed by atoms with Crippen LogP contribution in [0.15, 0.2) is 54.6 Å². The highest BCUT2D eigenvalue weighted by molar-refractivity contribution is 5.81. The first kappa shape index (κ1) is 25.6. The minimum atomic E-state index is -1.01. The van der Waals surface area contributed by atoms with Crippen molar-refractivity contribution in [1.82, 2.24) is 0 Å². The highest BCUT2D eigenvalue weighted by Crippen LogP contribution is 2.30. The fourth-order valence-electron chi connectivity index (χ4n) is 2.58. The molecule has 0 amide bonds. The van der Waals surface area contributed by atoms with Gasteiger partial charge >= 0.3 is 18.2 Å². The highest BCUT2D eigenvalue weighted by atomic mass is 16.7. The SMILES string of the molecule is Cc1ccc(C(=C([N+](=O)[O-])[N+](=O)[O-])c2ccc(C)c(C)c2)cc1C.O=[N+]([O-])C=C[N+](=O)[O-].